The summed E-state index contributed by atoms with van der Waals surface area (Å²) in [5, 5.41) is 0. The van der Waals surface area contributed by atoms with Gasteiger partial charge in [-0.3, -0.25) is 14.4 Å². The number of hydrogen-bond donors (Lipinski definition) is 0. The maximum absolute atomic E-state index is 12.8. The third kappa shape index (κ3) is 55.0. The zero-order valence-corrected chi connectivity index (χ0v) is 45.5. The van der Waals surface area contributed by atoms with E-state index in [2.05, 4.69) is 130 Å². The number of allylic oxidation sites excluding steroid dienone is 18. The Bertz CT molecular complexity index is 1440. The molecule has 0 fully saturated rings. The van der Waals surface area contributed by atoms with E-state index in [-0.39, 0.29) is 37.5 Å². The van der Waals surface area contributed by atoms with Crippen molar-refractivity contribution in [2.45, 2.75) is 264 Å². The van der Waals surface area contributed by atoms with Crippen LogP contribution in [0.25, 0.3) is 0 Å². The molecule has 398 valence electrons. The number of carbonyl (C=O) groups excluding carboxylic acids is 3. The van der Waals surface area contributed by atoms with Gasteiger partial charge in [0.1, 0.15) is 13.2 Å². The Morgan fingerprint density at radius 1 is 0.300 bits per heavy atom. The summed E-state index contributed by atoms with van der Waals surface area (Å²) in [4.78, 5) is 37.9. The molecule has 0 N–H and O–H groups in total. The van der Waals surface area contributed by atoms with Gasteiger partial charge in [0.25, 0.3) is 0 Å². The molecule has 6 nitrogen and oxygen atoms in total. The first-order valence-electron chi connectivity index (χ1n) is 28.9. The highest BCUT2D eigenvalue weighted by atomic mass is 16.6. The van der Waals surface area contributed by atoms with Crippen LogP contribution in [0.1, 0.15) is 258 Å². The third-order valence-electron chi connectivity index (χ3n) is 12.0. The first-order valence-corrected chi connectivity index (χ1v) is 28.9. The number of unbranched alkanes of at least 4 members (excludes halogenated alkanes) is 22. The van der Waals surface area contributed by atoms with Crippen molar-refractivity contribution >= 4 is 17.9 Å². The van der Waals surface area contributed by atoms with Gasteiger partial charge in [0.05, 0.1) is 0 Å². The summed E-state index contributed by atoms with van der Waals surface area (Å²) in [5.74, 6) is -0.961. The highest BCUT2D eigenvalue weighted by molar-refractivity contribution is 5.71. The molecule has 0 aliphatic heterocycles. The van der Waals surface area contributed by atoms with Crippen molar-refractivity contribution in [2.75, 3.05) is 13.2 Å². The van der Waals surface area contributed by atoms with Gasteiger partial charge in [-0.25, -0.2) is 0 Å². The molecule has 0 aliphatic rings. The van der Waals surface area contributed by atoms with Crippen LogP contribution in [0.3, 0.4) is 0 Å². The van der Waals surface area contributed by atoms with Crippen molar-refractivity contribution in [2.24, 2.45) is 0 Å². The molecule has 0 radical (unpaired) electrons. The van der Waals surface area contributed by atoms with E-state index in [4.69, 9.17) is 14.2 Å². The fourth-order valence-corrected chi connectivity index (χ4v) is 7.74. The van der Waals surface area contributed by atoms with E-state index < -0.39 is 6.10 Å². The normalized spacial score (nSPS) is 12.9. The highest BCUT2D eigenvalue weighted by Crippen LogP contribution is 2.15. The van der Waals surface area contributed by atoms with Crippen LogP contribution in [0.15, 0.2) is 109 Å². The molecule has 0 saturated carbocycles. The van der Waals surface area contributed by atoms with E-state index in [1.807, 2.05) is 0 Å². The second-order valence-corrected chi connectivity index (χ2v) is 18.8. The predicted octanol–water partition coefficient (Wildman–Crippen LogP) is 19.5. The third-order valence-corrected chi connectivity index (χ3v) is 12.0. The zero-order chi connectivity index (χ0) is 50.7. The SMILES string of the molecule is CC/C=C\C/C=C\C/C=C\C/C=C\C/C=C\C/C=C\C/C=C\C/C=C\C/C=C\CCCC(=O)OCC(COC(=O)CCCCCCCCC)OC(=O)CCCCCCCCCCCCCCCCCC. The average molecular weight is 972 g/mol. The molecule has 0 aromatic rings. The van der Waals surface area contributed by atoms with Crippen LogP contribution >= 0.6 is 0 Å². The van der Waals surface area contributed by atoms with E-state index in [1.54, 1.807) is 0 Å². The van der Waals surface area contributed by atoms with Gasteiger partial charge in [0.2, 0.25) is 0 Å². The minimum absolute atomic E-state index is 0.0944. The molecular formula is C64H106O6. The predicted molar refractivity (Wildman–Crippen MR) is 302 cm³/mol. The highest BCUT2D eigenvalue weighted by Gasteiger charge is 2.19. The number of ether oxygens (including phenoxy) is 3. The minimum Gasteiger partial charge on any atom is -0.462 e. The Balaban J connectivity index is 4.29. The number of hydrogen-bond acceptors (Lipinski definition) is 6. The molecule has 0 bridgehead atoms. The lowest BCUT2D eigenvalue weighted by Gasteiger charge is -2.18. The van der Waals surface area contributed by atoms with Crippen molar-refractivity contribution < 1.29 is 28.6 Å². The molecule has 1 atom stereocenters. The van der Waals surface area contributed by atoms with E-state index in [0.717, 1.165) is 103 Å². The Kier molecular flexibility index (Phi) is 54.4. The first-order chi connectivity index (χ1) is 34.5. The maximum Gasteiger partial charge on any atom is 0.306 e. The summed E-state index contributed by atoms with van der Waals surface area (Å²) in [6, 6.07) is 0. The maximum atomic E-state index is 12.8. The molecule has 0 saturated heterocycles. The number of esters is 3. The summed E-state index contributed by atoms with van der Waals surface area (Å²) in [6.45, 7) is 6.44. The lowest BCUT2D eigenvalue weighted by molar-refractivity contribution is -0.167. The molecule has 1 unspecified atom stereocenters. The van der Waals surface area contributed by atoms with Crippen LogP contribution in [0.2, 0.25) is 0 Å². The van der Waals surface area contributed by atoms with Crippen LogP contribution in [-0.4, -0.2) is 37.2 Å². The van der Waals surface area contributed by atoms with Crippen LogP contribution in [0.4, 0.5) is 0 Å². The van der Waals surface area contributed by atoms with Crippen molar-refractivity contribution in [3.8, 4) is 0 Å². The lowest BCUT2D eigenvalue weighted by Crippen LogP contribution is -2.30. The van der Waals surface area contributed by atoms with E-state index in [1.165, 1.54) is 109 Å². The first kappa shape index (κ1) is 66.1. The average Bonchev–Trinajstić information content (AvgIpc) is 3.36. The molecular weight excluding hydrogens is 865 g/mol. The van der Waals surface area contributed by atoms with Gasteiger partial charge >= 0.3 is 17.9 Å². The summed E-state index contributed by atoms with van der Waals surface area (Å²) < 4.78 is 16.7. The van der Waals surface area contributed by atoms with Gasteiger partial charge in [-0.1, -0.05) is 265 Å². The van der Waals surface area contributed by atoms with Gasteiger partial charge in [-0.2, -0.15) is 0 Å². The van der Waals surface area contributed by atoms with Gasteiger partial charge in [-0.05, 0) is 83.5 Å². The molecule has 0 spiro atoms. The van der Waals surface area contributed by atoms with Crippen molar-refractivity contribution in [3.05, 3.63) is 109 Å². The molecule has 70 heavy (non-hydrogen) atoms. The summed E-state index contributed by atoms with van der Waals surface area (Å²) in [5.41, 5.74) is 0. The monoisotopic (exact) mass is 971 g/mol. The minimum atomic E-state index is -0.798. The fraction of sp³-hybridized carbons (Fsp3) is 0.672. The summed E-state index contributed by atoms with van der Waals surface area (Å²) in [7, 11) is 0. The quantitative estimate of drug-likeness (QED) is 0.0262. The van der Waals surface area contributed by atoms with E-state index in [9.17, 15) is 14.4 Å². The summed E-state index contributed by atoms with van der Waals surface area (Å²) >= 11 is 0. The smallest absolute Gasteiger partial charge is 0.306 e. The Labute approximate surface area is 431 Å². The molecule has 0 rings (SSSR count). The summed E-state index contributed by atoms with van der Waals surface area (Å²) in [6.07, 6.45) is 78.2. The molecule has 0 aromatic heterocycles. The largest absolute Gasteiger partial charge is 0.462 e. The van der Waals surface area contributed by atoms with E-state index >= 15 is 0 Å². The van der Waals surface area contributed by atoms with Crippen LogP contribution in [0.5, 0.6) is 0 Å². The molecule has 0 heterocycles. The van der Waals surface area contributed by atoms with Crippen molar-refractivity contribution in [1.29, 1.82) is 0 Å². The Morgan fingerprint density at radius 3 is 0.871 bits per heavy atom. The number of rotatable bonds is 51. The molecule has 0 aromatic carbocycles. The van der Waals surface area contributed by atoms with Crippen LogP contribution in [-0.2, 0) is 28.6 Å². The van der Waals surface area contributed by atoms with Crippen LogP contribution < -0.4 is 0 Å². The molecule has 0 aliphatic carbocycles. The van der Waals surface area contributed by atoms with Crippen molar-refractivity contribution in [3.63, 3.8) is 0 Å². The topological polar surface area (TPSA) is 78.9 Å². The standard InChI is InChI=1S/C64H106O6/c1-4-7-10-13-16-18-20-22-24-26-27-28-29-30-31-32-33-34-35-36-37-38-40-41-43-45-48-51-54-57-63(66)69-60-61(59-68-62(65)56-53-50-47-15-12-9-6-3)70-64(67)58-55-52-49-46-44-42-39-25-23-21-19-17-14-11-8-5-2/h7,10,16,18,22,24,27-28,30-31,33-34,36-37,40-41,45,48,61H,4-6,8-9,11-15,17,19-21,23,25-26,29,32,35,38-39,42-44,46-47,49-60H2,1-3H3/b10-7-,18-16-,24-22-,28-27-,31-30-,34-33-,37-36-,41-40-,48-45-. The Hall–Kier alpha value is -3.93. The van der Waals surface area contributed by atoms with Crippen LogP contribution in [0, 0.1) is 0 Å². The van der Waals surface area contributed by atoms with Gasteiger partial charge < -0.3 is 14.2 Å². The van der Waals surface area contributed by atoms with Gasteiger partial charge in [0.15, 0.2) is 6.10 Å². The number of carbonyl (C=O) groups is 3. The second kappa shape index (κ2) is 57.6. The Morgan fingerprint density at radius 2 is 0.557 bits per heavy atom. The lowest BCUT2D eigenvalue weighted by atomic mass is 10.0. The van der Waals surface area contributed by atoms with E-state index in [0.29, 0.717) is 19.3 Å². The van der Waals surface area contributed by atoms with Gasteiger partial charge in [-0.15, -0.1) is 0 Å². The second-order valence-electron chi connectivity index (χ2n) is 18.8. The zero-order valence-electron chi connectivity index (χ0n) is 45.5. The molecule has 6 heteroatoms. The van der Waals surface area contributed by atoms with Gasteiger partial charge in [0, 0.05) is 19.3 Å². The fourth-order valence-electron chi connectivity index (χ4n) is 7.74. The van der Waals surface area contributed by atoms with Crippen molar-refractivity contribution in [1.82, 2.24) is 0 Å². The molecule has 0 amide bonds.